The summed E-state index contributed by atoms with van der Waals surface area (Å²) in [5.74, 6) is 7.26. The number of nitrogens with one attached hydrogen (secondary N) is 2. The van der Waals surface area contributed by atoms with Crippen LogP contribution in [0, 0.1) is 19.7 Å². The number of hydrogen-bond acceptors (Lipinski definition) is 5. The Morgan fingerprint density at radius 3 is 2.38 bits per heavy atom. The molecule has 4 N–H and O–H groups in total. The molecule has 0 amide bonds. The molecule has 0 bridgehead atoms. The molecule has 6 heteroatoms. The van der Waals surface area contributed by atoms with Gasteiger partial charge in [-0.2, -0.15) is 0 Å². The molecule has 0 unspecified atom stereocenters. The summed E-state index contributed by atoms with van der Waals surface area (Å²) in [5.41, 5.74) is 4.58. The van der Waals surface area contributed by atoms with Crippen molar-refractivity contribution in [3.8, 4) is 0 Å². The Morgan fingerprint density at radius 1 is 1.10 bits per heavy atom. The molecule has 2 rings (SSSR count). The Morgan fingerprint density at radius 2 is 1.76 bits per heavy atom. The molecule has 1 aromatic carbocycles. The van der Waals surface area contributed by atoms with Gasteiger partial charge in [0.25, 0.3) is 0 Å². The molecule has 0 spiro atoms. The van der Waals surface area contributed by atoms with E-state index in [-0.39, 0.29) is 11.7 Å². The highest BCUT2D eigenvalue weighted by molar-refractivity contribution is 5.66. The van der Waals surface area contributed by atoms with E-state index in [0.717, 1.165) is 5.56 Å². The molecule has 0 aliphatic rings. The average Bonchev–Trinajstić information content (AvgIpc) is 2.45. The van der Waals surface area contributed by atoms with E-state index in [1.165, 1.54) is 6.07 Å². The highest BCUT2D eigenvalue weighted by atomic mass is 19.1. The highest BCUT2D eigenvalue weighted by Gasteiger charge is 2.14. The van der Waals surface area contributed by atoms with E-state index in [0.29, 0.717) is 28.7 Å². The number of hydrazine groups is 1. The van der Waals surface area contributed by atoms with Gasteiger partial charge >= 0.3 is 0 Å². The van der Waals surface area contributed by atoms with Crippen LogP contribution in [0.5, 0.6) is 0 Å². The molecule has 0 aliphatic heterocycles. The molecule has 2 aromatic rings. The smallest absolute Gasteiger partial charge is 0.148 e. The maximum Gasteiger partial charge on any atom is 0.148 e. The Bertz CT molecular complexity index is 655. The van der Waals surface area contributed by atoms with Gasteiger partial charge in [0.1, 0.15) is 23.3 Å². The summed E-state index contributed by atoms with van der Waals surface area (Å²) in [4.78, 5) is 8.88. The second kappa shape index (κ2) is 6.05. The molecular weight excluding hydrogens is 269 g/mol. The average molecular weight is 289 g/mol. The fourth-order valence-electron chi connectivity index (χ4n) is 1.92. The molecule has 1 aromatic heterocycles. The zero-order valence-corrected chi connectivity index (χ0v) is 12.7. The predicted molar refractivity (Wildman–Crippen MR) is 83.1 cm³/mol. The fraction of sp³-hybridized carbons (Fsp3) is 0.333. The van der Waals surface area contributed by atoms with Crippen molar-refractivity contribution in [3.05, 3.63) is 41.0 Å². The number of nitrogen functional groups attached to an aromatic ring is 1. The third-order valence-electron chi connectivity index (χ3n) is 3.34. The van der Waals surface area contributed by atoms with Crippen molar-refractivity contribution in [2.75, 3.05) is 10.7 Å². The highest BCUT2D eigenvalue weighted by Crippen LogP contribution is 2.27. The van der Waals surface area contributed by atoms with Crippen LogP contribution in [0.2, 0.25) is 0 Å². The lowest BCUT2D eigenvalue weighted by molar-refractivity contribution is 0.619. The molecule has 0 radical (unpaired) electrons. The summed E-state index contributed by atoms with van der Waals surface area (Å²) in [6.07, 6.45) is 0. The maximum atomic E-state index is 13.6. The van der Waals surface area contributed by atoms with Gasteiger partial charge in [-0.15, -0.1) is 0 Å². The summed E-state index contributed by atoms with van der Waals surface area (Å²) >= 11 is 0. The van der Waals surface area contributed by atoms with Crippen LogP contribution in [-0.4, -0.2) is 9.97 Å². The normalized spacial score (nSPS) is 10.8. The number of aromatic nitrogens is 2. The van der Waals surface area contributed by atoms with E-state index >= 15 is 0 Å². The fourth-order valence-corrected chi connectivity index (χ4v) is 1.92. The second-order valence-electron chi connectivity index (χ2n) is 5.24. The van der Waals surface area contributed by atoms with Crippen LogP contribution >= 0.6 is 0 Å². The van der Waals surface area contributed by atoms with Crippen LogP contribution in [0.3, 0.4) is 0 Å². The number of hydrogen-bond donors (Lipinski definition) is 3. The molecule has 0 saturated carbocycles. The van der Waals surface area contributed by atoms with E-state index < -0.39 is 0 Å². The lowest BCUT2D eigenvalue weighted by Gasteiger charge is -2.16. The van der Waals surface area contributed by atoms with Gasteiger partial charge in [-0.1, -0.05) is 19.9 Å². The van der Waals surface area contributed by atoms with Gasteiger partial charge in [0.05, 0.1) is 0 Å². The van der Waals surface area contributed by atoms with Crippen molar-refractivity contribution in [1.82, 2.24) is 9.97 Å². The molecule has 0 saturated heterocycles. The SMILES string of the molecule is Cc1c(F)cccc1Nc1nc(C(C)C)nc(NN)c1C. The Balaban J connectivity index is 2.48. The van der Waals surface area contributed by atoms with Crippen molar-refractivity contribution in [1.29, 1.82) is 0 Å². The lowest BCUT2D eigenvalue weighted by atomic mass is 10.1. The first-order valence-corrected chi connectivity index (χ1v) is 6.81. The second-order valence-corrected chi connectivity index (χ2v) is 5.24. The number of anilines is 3. The zero-order chi connectivity index (χ0) is 15.6. The summed E-state index contributed by atoms with van der Waals surface area (Å²) in [6, 6.07) is 4.90. The van der Waals surface area contributed by atoms with Crippen LogP contribution in [-0.2, 0) is 0 Å². The van der Waals surface area contributed by atoms with Crippen LogP contribution in [0.25, 0.3) is 0 Å². The topological polar surface area (TPSA) is 75.9 Å². The van der Waals surface area contributed by atoms with Gasteiger partial charge in [-0.3, -0.25) is 0 Å². The van der Waals surface area contributed by atoms with E-state index in [2.05, 4.69) is 20.7 Å². The van der Waals surface area contributed by atoms with Gasteiger partial charge in [-0.05, 0) is 26.0 Å². The van der Waals surface area contributed by atoms with Crippen molar-refractivity contribution >= 4 is 17.3 Å². The molecule has 0 fully saturated rings. The summed E-state index contributed by atoms with van der Waals surface area (Å²) in [5, 5.41) is 3.16. The molecule has 0 atom stereocenters. The van der Waals surface area contributed by atoms with Crippen LogP contribution < -0.4 is 16.6 Å². The van der Waals surface area contributed by atoms with Gasteiger partial charge in [-0.25, -0.2) is 20.2 Å². The van der Waals surface area contributed by atoms with Gasteiger partial charge in [0, 0.05) is 22.7 Å². The molecule has 1 heterocycles. The van der Waals surface area contributed by atoms with Crippen LogP contribution in [0.15, 0.2) is 18.2 Å². The zero-order valence-electron chi connectivity index (χ0n) is 12.7. The molecule has 0 aliphatic carbocycles. The third-order valence-corrected chi connectivity index (χ3v) is 3.34. The quantitative estimate of drug-likeness (QED) is 0.594. The number of rotatable bonds is 4. The summed E-state index contributed by atoms with van der Waals surface area (Å²) in [6.45, 7) is 7.58. The minimum atomic E-state index is -0.257. The molecular formula is C15H20FN5. The Hall–Kier alpha value is -2.21. The van der Waals surface area contributed by atoms with Crippen molar-refractivity contribution in [3.63, 3.8) is 0 Å². The maximum absolute atomic E-state index is 13.6. The largest absolute Gasteiger partial charge is 0.340 e. The Labute approximate surface area is 123 Å². The van der Waals surface area contributed by atoms with Crippen molar-refractivity contribution in [2.24, 2.45) is 5.84 Å². The monoisotopic (exact) mass is 289 g/mol. The summed E-state index contributed by atoms with van der Waals surface area (Å²) in [7, 11) is 0. The van der Waals surface area contributed by atoms with E-state index in [4.69, 9.17) is 5.84 Å². The van der Waals surface area contributed by atoms with E-state index in [9.17, 15) is 4.39 Å². The minimum Gasteiger partial charge on any atom is -0.340 e. The van der Waals surface area contributed by atoms with Gasteiger partial charge in [0.2, 0.25) is 0 Å². The first-order chi connectivity index (χ1) is 9.93. The first-order valence-electron chi connectivity index (χ1n) is 6.81. The third kappa shape index (κ3) is 3.11. The number of benzene rings is 1. The standard InChI is InChI=1S/C15H20FN5/c1-8(2)13-19-14(10(4)15(20-13)21-17)18-12-7-5-6-11(16)9(12)3/h5-8H,17H2,1-4H3,(H2,18,19,20,21). The molecule has 112 valence electrons. The summed E-state index contributed by atoms with van der Waals surface area (Å²) < 4.78 is 13.6. The van der Waals surface area contributed by atoms with Crippen LogP contribution in [0.4, 0.5) is 21.7 Å². The minimum absolute atomic E-state index is 0.159. The van der Waals surface area contributed by atoms with Crippen molar-refractivity contribution < 1.29 is 4.39 Å². The Kier molecular flexibility index (Phi) is 4.37. The van der Waals surface area contributed by atoms with E-state index in [1.807, 2.05) is 26.8 Å². The lowest BCUT2D eigenvalue weighted by Crippen LogP contribution is -2.14. The number of nitrogens with two attached hydrogens (primary N) is 1. The number of halogens is 1. The molecule has 21 heavy (non-hydrogen) atoms. The number of nitrogens with zero attached hydrogens (tertiary/aromatic N) is 2. The molecule has 5 nitrogen and oxygen atoms in total. The predicted octanol–water partition coefficient (Wildman–Crippen LogP) is 3.39. The van der Waals surface area contributed by atoms with Crippen LogP contribution in [0.1, 0.15) is 36.7 Å². The van der Waals surface area contributed by atoms with E-state index in [1.54, 1.807) is 13.0 Å². The van der Waals surface area contributed by atoms with Crippen molar-refractivity contribution in [2.45, 2.75) is 33.6 Å². The van der Waals surface area contributed by atoms with Gasteiger partial charge < -0.3 is 10.7 Å². The van der Waals surface area contributed by atoms with Gasteiger partial charge in [0.15, 0.2) is 0 Å². The first kappa shape index (κ1) is 15.2.